The fraction of sp³-hybridized carbons (Fsp3) is 0.764. The molecular formula is C55H92N9O26+. The van der Waals surface area contributed by atoms with Crippen LogP contribution in [0.15, 0.2) is 18.6 Å². The van der Waals surface area contributed by atoms with Crippen LogP contribution >= 0.6 is 0 Å². The third kappa shape index (κ3) is 34.9. The first-order valence-corrected chi connectivity index (χ1v) is 29.0. The van der Waals surface area contributed by atoms with Gasteiger partial charge < -0.3 is 91.9 Å². The zero-order valence-corrected chi connectivity index (χ0v) is 53.2. The fourth-order valence-electron chi connectivity index (χ4n) is 8.20. The third-order valence-corrected chi connectivity index (χ3v) is 12.1. The number of carbonyl (C=O) groups is 9. The number of methoxy groups -OCH3 is 1. The monoisotopic (exact) mass is 1290 g/mol. The molecule has 0 saturated carbocycles. The average Bonchev–Trinajstić information content (AvgIpc) is 2.80. The van der Waals surface area contributed by atoms with Gasteiger partial charge in [-0.25, -0.2) is 4.68 Å². The number of hydrogen-bond acceptors (Lipinski definition) is 29. The van der Waals surface area contributed by atoms with Crippen molar-refractivity contribution in [1.29, 1.82) is 0 Å². The second-order valence-electron chi connectivity index (χ2n) is 20.1. The van der Waals surface area contributed by atoms with Crippen LogP contribution in [0.2, 0.25) is 0 Å². The maximum absolute atomic E-state index is 13.1. The molecule has 0 aliphatic rings. The SMILES string of the molecule is COCC(=O)N(Cc1cn(CCOCCOCCOCCOC(O)C(NC(C)=O)C(OC(C)=O)C(OC(C)=O)C(C)COC(C)=O)nn1)C[n+]1ccn(CCOCCOCCOCCOC(O)C(NC(C)=O)C(OC(C)=O)C(OC(C)=O)C(C)COC(C)=O)n1. The van der Waals surface area contributed by atoms with Crippen molar-refractivity contribution in [1.82, 2.24) is 40.4 Å². The highest BCUT2D eigenvalue weighted by Crippen LogP contribution is 2.24. The normalized spacial score (nSPS) is 14.7. The van der Waals surface area contributed by atoms with Gasteiger partial charge in [-0.05, 0) is 0 Å². The molecule has 10 unspecified atom stereocenters. The Labute approximate surface area is 522 Å². The lowest BCUT2D eigenvalue weighted by Crippen LogP contribution is -2.59. The Morgan fingerprint density at radius 3 is 1.29 bits per heavy atom. The second kappa shape index (κ2) is 45.3. The standard InChI is InChI=1S/C55H91N9O26/c1-36(32-85-40(5)67)50(87-42(7)69)52(89-44(9)71)48(56-38(3)65)54(74)83-28-26-81-24-22-79-20-18-77-16-14-62-12-13-64(60-62)35-61(47(73)34-76-11)30-46-31-63(59-58-46)15-17-78-19-21-80-23-25-82-27-29-84-55(75)49(57-39(4)66)53(90-45(10)72)51(88-43(8)70)37(2)33-86-41(6)68/h12-13,31,36-37,48-55,74-75H,14-30,32-35H2,1-11H3,(H-,56,57,65,66)/p+1. The van der Waals surface area contributed by atoms with E-state index in [9.17, 15) is 53.4 Å². The molecule has 0 bridgehead atoms. The van der Waals surface area contributed by atoms with E-state index in [0.29, 0.717) is 25.4 Å². The lowest BCUT2D eigenvalue weighted by molar-refractivity contribution is -0.769. The van der Waals surface area contributed by atoms with Crippen LogP contribution in [-0.4, -0.2) is 262 Å². The molecule has 0 radical (unpaired) electrons. The number of ether oxygens (including phenoxy) is 15. The molecular weight excluding hydrogens is 1200 g/mol. The van der Waals surface area contributed by atoms with Crippen molar-refractivity contribution in [3.8, 4) is 0 Å². The number of nitrogens with one attached hydrogen (secondary N) is 2. The quantitative estimate of drug-likeness (QED) is 0.0172. The molecule has 2 rings (SSSR count). The Bertz CT molecular complexity index is 2300. The molecule has 0 fully saturated rings. The van der Waals surface area contributed by atoms with Crippen LogP contribution in [0.4, 0.5) is 0 Å². The number of esters is 6. The molecule has 2 heterocycles. The molecule has 2 aromatic heterocycles. The van der Waals surface area contributed by atoms with E-state index in [1.165, 1.54) is 39.7 Å². The number of hydrogen-bond donors (Lipinski definition) is 4. The number of aliphatic hydroxyl groups excluding tert-OH is 2. The van der Waals surface area contributed by atoms with Crippen molar-refractivity contribution in [2.24, 2.45) is 11.8 Å². The summed E-state index contributed by atoms with van der Waals surface area (Å²) in [6.07, 6.45) is -3.77. The van der Waals surface area contributed by atoms with E-state index in [1.807, 2.05) is 0 Å². The van der Waals surface area contributed by atoms with Crippen molar-refractivity contribution in [3.63, 3.8) is 0 Å². The highest BCUT2D eigenvalue weighted by molar-refractivity contribution is 5.77. The van der Waals surface area contributed by atoms with E-state index in [0.717, 1.165) is 27.7 Å². The van der Waals surface area contributed by atoms with Gasteiger partial charge in [0.05, 0.1) is 130 Å². The minimum atomic E-state index is -1.75. The van der Waals surface area contributed by atoms with Crippen LogP contribution in [0.5, 0.6) is 0 Å². The van der Waals surface area contributed by atoms with Crippen LogP contribution in [0.1, 0.15) is 74.9 Å². The predicted octanol–water partition coefficient (Wildman–Crippen LogP) is -2.70. The van der Waals surface area contributed by atoms with Gasteiger partial charge in [0.25, 0.3) is 5.91 Å². The minimum Gasteiger partial charge on any atom is -0.465 e. The topological polar surface area (TPSA) is 412 Å². The van der Waals surface area contributed by atoms with E-state index in [-0.39, 0.29) is 125 Å². The molecule has 0 aliphatic carbocycles. The first kappa shape index (κ1) is 79.2. The van der Waals surface area contributed by atoms with Crippen molar-refractivity contribution in [2.45, 2.75) is 145 Å². The van der Waals surface area contributed by atoms with Crippen LogP contribution in [0, 0.1) is 11.8 Å². The van der Waals surface area contributed by atoms with E-state index < -0.39 is 109 Å². The molecule has 2 aromatic rings. The summed E-state index contributed by atoms with van der Waals surface area (Å²) < 4.78 is 86.3. The molecule has 35 nitrogen and oxygen atoms in total. The zero-order valence-electron chi connectivity index (χ0n) is 53.2. The maximum atomic E-state index is 13.1. The van der Waals surface area contributed by atoms with Crippen LogP contribution in [-0.2, 0) is 141 Å². The third-order valence-electron chi connectivity index (χ3n) is 12.1. The van der Waals surface area contributed by atoms with Crippen molar-refractivity contribution in [2.75, 3.05) is 119 Å². The molecule has 0 saturated heterocycles. The molecule has 0 aromatic carbocycles. The van der Waals surface area contributed by atoms with Gasteiger partial charge in [0.15, 0.2) is 43.9 Å². The number of rotatable bonds is 50. The number of aromatic nitrogens is 6. The molecule has 10 atom stereocenters. The van der Waals surface area contributed by atoms with Crippen LogP contribution in [0.25, 0.3) is 0 Å². The van der Waals surface area contributed by atoms with E-state index in [2.05, 4.69) is 26.2 Å². The molecule has 512 valence electrons. The highest BCUT2D eigenvalue weighted by Gasteiger charge is 2.44. The lowest BCUT2D eigenvalue weighted by Gasteiger charge is -2.37. The number of aliphatic hydroxyl groups is 2. The van der Waals surface area contributed by atoms with Crippen LogP contribution in [0.3, 0.4) is 0 Å². The lowest BCUT2D eigenvalue weighted by atomic mass is 9.94. The Morgan fingerprint density at radius 1 is 0.533 bits per heavy atom. The summed E-state index contributed by atoms with van der Waals surface area (Å²) >= 11 is 0. The van der Waals surface area contributed by atoms with Gasteiger partial charge >= 0.3 is 35.8 Å². The summed E-state index contributed by atoms with van der Waals surface area (Å²) in [6.45, 7) is 14.7. The summed E-state index contributed by atoms with van der Waals surface area (Å²) in [4.78, 5) is 110. The van der Waals surface area contributed by atoms with Crippen molar-refractivity contribution >= 4 is 53.5 Å². The summed E-state index contributed by atoms with van der Waals surface area (Å²) in [7, 11) is 1.42. The first-order chi connectivity index (χ1) is 42.8. The smallest absolute Gasteiger partial charge is 0.303 e. The maximum Gasteiger partial charge on any atom is 0.303 e. The minimum absolute atomic E-state index is 0.00270. The second-order valence-corrected chi connectivity index (χ2v) is 20.1. The summed E-state index contributed by atoms with van der Waals surface area (Å²) in [6, 6.07) is -2.81. The highest BCUT2D eigenvalue weighted by atomic mass is 16.6. The zero-order chi connectivity index (χ0) is 67.0. The number of amides is 3. The van der Waals surface area contributed by atoms with Gasteiger partial charge in [-0.3, -0.25) is 48.1 Å². The average molecular weight is 1300 g/mol. The van der Waals surface area contributed by atoms with Gasteiger partial charge in [0.1, 0.15) is 43.1 Å². The van der Waals surface area contributed by atoms with Gasteiger partial charge in [-0.1, -0.05) is 19.1 Å². The summed E-state index contributed by atoms with van der Waals surface area (Å²) in [5, 5.41) is 39.8. The molecule has 35 heteroatoms. The van der Waals surface area contributed by atoms with E-state index >= 15 is 0 Å². The Balaban J connectivity index is 1.71. The van der Waals surface area contributed by atoms with Crippen molar-refractivity contribution < 1.29 is 129 Å². The molecule has 0 aliphatic heterocycles. The Morgan fingerprint density at radius 2 is 0.911 bits per heavy atom. The van der Waals surface area contributed by atoms with Gasteiger partial charge in [0.2, 0.25) is 11.8 Å². The largest absolute Gasteiger partial charge is 0.465 e. The van der Waals surface area contributed by atoms with Gasteiger partial charge in [0, 0.05) is 74.3 Å². The predicted molar refractivity (Wildman–Crippen MR) is 303 cm³/mol. The number of nitrogens with zero attached hydrogens (tertiary/aromatic N) is 7. The molecule has 4 N–H and O–H groups in total. The van der Waals surface area contributed by atoms with Gasteiger partial charge in [-0.15, -0.1) is 14.5 Å². The number of carbonyl (C=O) groups excluding carboxylic acids is 9. The van der Waals surface area contributed by atoms with E-state index in [1.54, 1.807) is 46.5 Å². The fourth-order valence-corrected chi connectivity index (χ4v) is 8.20. The van der Waals surface area contributed by atoms with E-state index in [4.69, 9.17) is 71.1 Å². The Hall–Kier alpha value is -6.93. The summed E-state index contributed by atoms with van der Waals surface area (Å²) in [5.41, 5.74) is 0.517. The molecule has 0 spiro atoms. The molecule has 3 amide bonds. The van der Waals surface area contributed by atoms with Crippen LogP contribution < -0.4 is 15.3 Å². The van der Waals surface area contributed by atoms with Gasteiger partial charge in [-0.2, -0.15) is 0 Å². The molecule has 90 heavy (non-hydrogen) atoms. The summed E-state index contributed by atoms with van der Waals surface area (Å²) in [5.74, 6) is -7.30. The Kier molecular flexibility index (Phi) is 39.9. The van der Waals surface area contributed by atoms with Crippen molar-refractivity contribution in [3.05, 3.63) is 24.3 Å². The first-order valence-electron chi connectivity index (χ1n) is 29.0.